The van der Waals surface area contributed by atoms with Crippen molar-refractivity contribution in [3.63, 3.8) is 0 Å². The predicted octanol–water partition coefficient (Wildman–Crippen LogP) is 7.47. The summed E-state index contributed by atoms with van der Waals surface area (Å²) in [5, 5.41) is 10.1. The van der Waals surface area contributed by atoms with Crippen molar-refractivity contribution in [3.05, 3.63) is 29.8 Å². The van der Waals surface area contributed by atoms with E-state index in [9.17, 15) is 0 Å². The molecule has 2 rings (SSSR count). The molecule has 1 aromatic heterocycles. The van der Waals surface area contributed by atoms with Gasteiger partial charge in [-0.15, -0.1) is 0 Å². The van der Waals surface area contributed by atoms with Crippen LogP contribution in [0.25, 0.3) is 0 Å². The topological polar surface area (TPSA) is 74.8 Å². The number of unbranched alkanes of at least 4 members (excludes halogenated alkanes) is 10. The minimum absolute atomic E-state index is 0.569. The zero-order valence-corrected chi connectivity index (χ0v) is 20.6. The van der Waals surface area contributed by atoms with Gasteiger partial charge >= 0.3 is 0 Å². The molecule has 0 saturated carbocycles. The summed E-state index contributed by atoms with van der Waals surface area (Å²) < 4.78 is 0. The van der Waals surface area contributed by atoms with E-state index >= 15 is 0 Å². The number of aromatic nitrogens is 3. The first-order valence-electron chi connectivity index (χ1n) is 12.8. The van der Waals surface area contributed by atoms with E-state index in [-0.39, 0.29) is 0 Å². The van der Waals surface area contributed by atoms with Gasteiger partial charge in [-0.3, -0.25) is 0 Å². The van der Waals surface area contributed by atoms with Crippen LogP contribution in [0.2, 0.25) is 0 Å². The van der Waals surface area contributed by atoms with Crippen molar-refractivity contribution in [1.82, 2.24) is 15.0 Å². The van der Waals surface area contributed by atoms with E-state index in [1.807, 2.05) is 12.1 Å². The first-order chi connectivity index (χ1) is 15.7. The molecule has 1 aromatic carbocycles. The molecule has 0 fully saturated rings. The Labute approximate surface area is 195 Å². The first kappa shape index (κ1) is 25.9. The van der Waals surface area contributed by atoms with Gasteiger partial charge in [-0.1, -0.05) is 95.8 Å². The maximum Gasteiger partial charge on any atom is 0.233 e. The SMILES string of the molecule is CCCCCCCCNc1nc(NCCCCCCCC)nc(Nc2ccc(C)cc2)n1. The summed E-state index contributed by atoms with van der Waals surface area (Å²) in [4.78, 5) is 13.8. The molecule has 6 nitrogen and oxygen atoms in total. The molecule has 0 amide bonds. The van der Waals surface area contributed by atoms with Crippen LogP contribution in [-0.4, -0.2) is 28.0 Å². The normalized spacial score (nSPS) is 10.8. The quantitative estimate of drug-likeness (QED) is 0.209. The molecule has 0 unspecified atom stereocenters. The van der Waals surface area contributed by atoms with Gasteiger partial charge in [0.2, 0.25) is 17.8 Å². The average Bonchev–Trinajstić information content (AvgIpc) is 2.79. The number of anilines is 4. The third-order valence-corrected chi connectivity index (χ3v) is 5.57. The van der Waals surface area contributed by atoms with Gasteiger partial charge in [-0.25, -0.2) is 0 Å². The maximum atomic E-state index is 4.60. The van der Waals surface area contributed by atoms with Crippen molar-refractivity contribution in [3.8, 4) is 0 Å². The Morgan fingerprint density at radius 2 is 1.00 bits per heavy atom. The molecule has 178 valence electrons. The van der Waals surface area contributed by atoms with Crippen LogP contribution in [0.15, 0.2) is 24.3 Å². The van der Waals surface area contributed by atoms with Gasteiger partial charge in [0.25, 0.3) is 0 Å². The molecule has 0 bridgehead atoms. The third kappa shape index (κ3) is 11.3. The fourth-order valence-corrected chi connectivity index (χ4v) is 3.57. The fraction of sp³-hybridized carbons (Fsp3) is 0.654. The lowest BCUT2D eigenvalue weighted by atomic mass is 10.1. The lowest BCUT2D eigenvalue weighted by molar-refractivity contribution is 0.615. The van der Waals surface area contributed by atoms with Crippen LogP contribution in [-0.2, 0) is 0 Å². The van der Waals surface area contributed by atoms with Gasteiger partial charge in [0, 0.05) is 18.8 Å². The van der Waals surface area contributed by atoms with E-state index < -0.39 is 0 Å². The Kier molecular flexibility index (Phi) is 13.2. The monoisotopic (exact) mass is 440 g/mol. The Hall–Kier alpha value is -2.37. The molecular formula is C26H44N6. The number of benzene rings is 1. The van der Waals surface area contributed by atoms with E-state index in [0.717, 1.165) is 31.6 Å². The molecular weight excluding hydrogens is 396 g/mol. The van der Waals surface area contributed by atoms with Crippen molar-refractivity contribution in [1.29, 1.82) is 0 Å². The molecule has 2 aromatic rings. The summed E-state index contributed by atoms with van der Waals surface area (Å²) in [6.07, 6.45) is 15.3. The number of aryl methyl sites for hydroxylation is 1. The number of rotatable bonds is 18. The van der Waals surface area contributed by atoms with Crippen LogP contribution in [0.5, 0.6) is 0 Å². The Balaban J connectivity index is 1.89. The molecule has 0 aliphatic rings. The second kappa shape index (κ2) is 16.3. The second-order valence-electron chi connectivity index (χ2n) is 8.69. The van der Waals surface area contributed by atoms with Gasteiger partial charge in [0.05, 0.1) is 0 Å². The van der Waals surface area contributed by atoms with Gasteiger partial charge < -0.3 is 16.0 Å². The van der Waals surface area contributed by atoms with Crippen LogP contribution in [0.4, 0.5) is 23.5 Å². The summed E-state index contributed by atoms with van der Waals surface area (Å²) in [5.41, 5.74) is 2.21. The molecule has 3 N–H and O–H groups in total. The highest BCUT2D eigenvalue weighted by Crippen LogP contribution is 2.17. The van der Waals surface area contributed by atoms with Gasteiger partial charge in [0.1, 0.15) is 0 Å². The number of nitrogens with one attached hydrogen (secondary N) is 3. The molecule has 1 heterocycles. The minimum Gasteiger partial charge on any atom is -0.354 e. The first-order valence-corrected chi connectivity index (χ1v) is 12.8. The Morgan fingerprint density at radius 1 is 0.562 bits per heavy atom. The van der Waals surface area contributed by atoms with Gasteiger partial charge in [-0.2, -0.15) is 15.0 Å². The second-order valence-corrected chi connectivity index (χ2v) is 8.69. The summed E-state index contributed by atoms with van der Waals surface area (Å²) in [6, 6.07) is 8.26. The maximum absolute atomic E-state index is 4.60. The summed E-state index contributed by atoms with van der Waals surface area (Å²) in [7, 11) is 0. The molecule has 0 aliphatic carbocycles. The van der Waals surface area contributed by atoms with Gasteiger partial charge in [0.15, 0.2) is 0 Å². The molecule has 0 spiro atoms. The largest absolute Gasteiger partial charge is 0.354 e. The third-order valence-electron chi connectivity index (χ3n) is 5.57. The lowest BCUT2D eigenvalue weighted by Gasteiger charge is -2.12. The van der Waals surface area contributed by atoms with E-state index in [2.05, 4.69) is 63.8 Å². The highest BCUT2D eigenvalue weighted by Gasteiger charge is 2.07. The highest BCUT2D eigenvalue weighted by molar-refractivity contribution is 5.56. The van der Waals surface area contributed by atoms with Crippen molar-refractivity contribution < 1.29 is 0 Å². The van der Waals surface area contributed by atoms with Crippen molar-refractivity contribution in [2.45, 2.75) is 97.8 Å². The molecule has 0 atom stereocenters. The van der Waals surface area contributed by atoms with Crippen LogP contribution in [0, 0.1) is 6.92 Å². The average molecular weight is 441 g/mol. The van der Waals surface area contributed by atoms with E-state index in [1.165, 1.54) is 69.8 Å². The highest BCUT2D eigenvalue weighted by atomic mass is 15.3. The predicted molar refractivity (Wildman–Crippen MR) is 138 cm³/mol. The van der Waals surface area contributed by atoms with Crippen LogP contribution < -0.4 is 16.0 Å². The molecule has 0 radical (unpaired) electrons. The van der Waals surface area contributed by atoms with Crippen molar-refractivity contribution >= 4 is 23.5 Å². The molecule has 6 heteroatoms. The zero-order chi connectivity index (χ0) is 22.9. The summed E-state index contributed by atoms with van der Waals surface area (Å²) in [5.74, 6) is 1.84. The Morgan fingerprint density at radius 3 is 1.50 bits per heavy atom. The summed E-state index contributed by atoms with van der Waals surface area (Å²) in [6.45, 7) is 8.36. The zero-order valence-electron chi connectivity index (χ0n) is 20.6. The standard InChI is InChI=1S/C26H44N6/c1-4-6-8-10-12-14-20-27-24-30-25(28-21-15-13-11-9-7-5-2)32-26(31-24)29-23-18-16-22(3)17-19-23/h16-19H,4-15,20-21H2,1-3H3,(H3,27,28,29,30,31,32). The van der Waals surface area contributed by atoms with Crippen LogP contribution in [0.3, 0.4) is 0 Å². The lowest BCUT2D eigenvalue weighted by Crippen LogP contribution is -2.12. The van der Waals surface area contributed by atoms with Gasteiger partial charge in [-0.05, 0) is 31.9 Å². The van der Waals surface area contributed by atoms with Crippen molar-refractivity contribution in [2.24, 2.45) is 0 Å². The minimum atomic E-state index is 0.569. The van der Waals surface area contributed by atoms with E-state index in [4.69, 9.17) is 0 Å². The number of hydrogen-bond acceptors (Lipinski definition) is 6. The fourth-order valence-electron chi connectivity index (χ4n) is 3.57. The number of hydrogen-bond donors (Lipinski definition) is 3. The summed E-state index contributed by atoms with van der Waals surface area (Å²) >= 11 is 0. The molecule has 32 heavy (non-hydrogen) atoms. The smallest absolute Gasteiger partial charge is 0.233 e. The molecule has 0 aliphatic heterocycles. The Bertz CT molecular complexity index is 695. The number of nitrogens with zero attached hydrogens (tertiary/aromatic N) is 3. The molecule has 0 saturated heterocycles. The van der Waals surface area contributed by atoms with Crippen LogP contribution in [0.1, 0.15) is 96.5 Å². The van der Waals surface area contributed by atoms with Crippen molar-refractivity contribution in [2.75, 3.05) is 29.0 Å². The van der Waals surface area contributed by atoms with E-state index in [1.54, 1.807) is 0 Å². The van der Waals surface area contributed by atoms with E-state index in [0.29, 0.717) is 17.8 Å². The van der Waals surface area contributed by atoms with Crippen LogP contribution >= 0.6 is 0 Å².